The smallest absolute Gasteiger partial charge is 0.336 e. The second kappa shape index (κ2) is 5.11. The maximum absolute atomic E-state index is 10.9. The van der Waals surface area contributed by atoms with Crippen molar-refractivity contribution in [3.8, 4) is 0 Å². The Hall–Kier alpha value is -2.37. The maximum atomic E-state index is 10.9. The predicted octanol–water partition coefficient (Wildman–Crippen LogP) is 1.89. The number of hydrogen-bond acceptors (Lipinski definition) is 4. The van der Waals surface area contributed by atoms with Crippen LogP contribution in [0.2, 0.25) is 0 Å². The number of rotatable bonds is 4. The molecule has 0 aliphatic heterocycles. The van der Waals surface area contributed by atoms with Gasteiger partial charge in [-0.15, -0.1) is 0 Å². The molecule has 1 aromatic rings. The molecule has 0 spiro atoms. The highest BCUT2D eigenvalue weighted by molar-refractivity contribution is 6.02. The molecule has 1 aromatic carbocycles. The summed E-state index contributed by atoms with van der Waals surface area (Å²) in [6.07, 6.45) is 0. The molecule has 0 aliphatic rings. The van der Waals surface area contributed by atoms with Gasteiger partial charge >= 0.3 is 11.9 Å². The second-order valence-electron chi connectivity index (χ2n) is 3.54. The van der Waals surface area contributed by atoms with Crippen LogP contribution in [0, 0.1) is 0 Å². The van der Waals surface area contributed by atoms with Crippen LogP contribution in [-0.4, -0.2) is 27.9 Å². The molecule has 0 radical (unpaired) electrons. The Morgan fingerprint density at radius 1 is 1.12 bits per heavy atom. The third kappa shape index (κ3) is 3.30. The number of nitrogens with one attached hydrogen (secondary N) is 1. The normalized spacial score (nSPS) is 9.53. The van der Waals surface area contributed by atoms with E-state index in [-0.39, 0.29) is 11.1 Å². The van der Waals surface area contributed by atoms with Crippen molar-refractivity contribution in [2.45, 2.75) is 13.8 Å². The van der Waals surface area contributed by atoms with E-state index < -0.39 is 11.9 Å². The molecule has 0 saturated heterocycles. The Bertz CT molecular complexity index is 490. The molecule has 1 rings (SSSR count). The van der Waals surface area contributed by atoms with Crippen LogP contribution in [-0.2, 0) is 0 Å². The zero-order valence-corrected chi connectivity index (χ0v) is 9.39. The number of carbonyl (C=O) groups is 2. The van der Waals surface area contributed by atoms with Crippen LogP contribution in [0.25, 0.3) is 0 Å². The van der Waals surface area contributed by atoms with Crippen molar-refractivity contribution in [3.05, 3.63) is 29.3 Å². The fraction of sp³-hybridized carbons (Fsp3) is 0.182. The fourth-order valence-corrected chi connectivity index (χ4v) is 1.15. The summed E-state index contributed by atoms with van der Waals surface area (Å²) in [7, 11) is 0. The molecular weight excluding hydrogens is 224 g/mol. The van der Waals surface area contributed by atoms with Crippen molar-refractivity contribution in [1.29, 1.82) is 0 Å². The van der Waals surface area contributed by atoms with Gasteiger partial charge in [-0.3, -0.25) is 5.43 Å². The van der Waals surface area contributed by atoms with Crippen LogP contribution in [0.5, 0.6) is 0 Å². The Balaban J connectivity index is 3.14. The largest absolute Gasteiger partial charge is 0.478 e. The number of hydrogen-bond donors (Lipinski definition) is 3. The summed E-state index contributed by atoms with van der Waals surface area (Å²) >= 11 is 0. The van der Waals surface area contributed by atoms with Gasteiger partial charge in [0.1, 0.15) is 0 Å². The van der Waals surface area contributed by atoms with Crippen LogP contribution in [0.15, 0.2) is 23.3 Å². The lowest BCUT2D eigenvalue weighted by atomic mass is 10.1. The summed E-state index contributed by atoms with van der Waals surface area (Å²) < 4.78 is 0. The van der Waals surface area contributed by atoms with Gasteiger partial charge in [-0.2, -0.15) is 5.10 Å². The van der Waals surface area contributed by atoms with E-state index in [1.165, 1.54) is 18.2 Å². The third-order valence-corrected chi connectivity index (χ3v) is 1.89. The number of carboxylic acid groups (broad SMARTS) is 2. The average molecular weight is 236 g/mol. The lowest BCUT2D eigenvalue weighted by molar-refractivity contribution is 0.0651. The molecule has 0 aliphatic carbocycles. The lowest BCUT2D eigenvalue weighted by Gasteiger charge is -2.05. The SMILES string of the molecule is CC(C)=NNc1ccc(C(=O)O)c(C(=O)O)c1. The molecule has 0 unspecified atom stereocenters. The first-order chi connectivity index (χ1) is 7.91. The average Bonchev–Trinajstić information content (AvgIpc) is 2.25. The Morgan fingerprint density at radius 3 is 2.18 bits per heavy atom. The van der Waals surface area contributed by atoms with Gasteiger partial charge in [0.2, 0.25) is 0 Å². The molecule has 0 fully saturated rings. The van der Waals surface area contributed by atoms with Crippen molar-refractivity contribution in [3.63, 3.8) is 0 Å². The second-order valence-corrected chi connectivity index (χ2v) is 3.54. The van der Waals surface area contributed by atoms with Crippen molar-refractivity contribution < 1.29 is 19.8 Å². The zero-order chi connectivity index (χ0) is 13.0. The zero-order valence-electron chi connectivity index (χ0n) is 9.39. The highest BCUT2D eigenvalue weighted by atomic mass is 16.4. The van der Waals surface area contributed by atoms with Crippen molar-refractivity contribution in [1.82, 2.24) is 0 Å². The molecule has 0 bridgehead atoms. The van der Waals surface area contributed by atoms with Crippen LogP contribution in [0.4, 0.5) is 5.69 Å². The van der Waals surface area contributed by atoms with Gasteiger partial charge in [0, 0.05) is 5.71 Å². The Kier molecular flexibility index (Phi) is 3.82. The van der Waals surface area contributed by atoms with E-state index in [4.69, 9.17) is 10.2 Å². The molecule has 0 heterocycles. The number of nitrogens with zero attached hydrogens (tertiary/aromatic N) is 1. The first-order valence-corrected chi connectivity index (χ1v) is 4.79. The van der Waals surface area contributed by atoms with Crippen molar-refractivity contribution in [2.24, 2.45) is 5.10 Å². The molecule has 0 saturated carbocycles. The van der Waals surface area contributed by atoms with Gasteiger partial charge in [-0.05, 0) is 32.0 Å². The molecule has 6 heteroatoms. The molecule has 3 N–H and O–H groups in total. The minimum Gasteiger partial charge on any atom is -0.478 e. The highest BCUT2D eigenvalue weighted by Gasteiger charge is 2.16. The van der Waals surface area contributed by atoms with Crippen molar-refractivity contribution >= 4 is 23.3 Å². The van der Waals surface area contributed by atoms with Gasteiger partial charge in [-0.25, -0.2) is 9.59 Å². The maximum Gasteiger partial charge on any atom is 0.336 e. The van der Waals surface area contributed by atoms with Crippen LogP contribution < -0.4 is 5.43 Å². The summed E-state index contributed by atoms with van der Waals surface area (Å²) in [6, 6.07) is 3.93. The van der Waals surface area contributed by atoms with Gasteiger partial charge < -0.3 is 10.2 Å². The number of hydrazone groups is 1. The third-order valence-electron chi connectivity index (χ3n) is 1.89. The van der Waals surface area contributed by atoms with E-state index in [1.807, 2.05) is 0 Å². The molecule has 90 valence electrons. The van der Waals surface area contributed by atoms with Crippen LogP contribution in [0.3, 0.4) is 0 Å². The Morgan fingerprint density at radius 2 is 1.71 bits per heavy atom. The minimum atomic E-state index is -1.29. The summed E-state index contributed by atoms with van der Waals surface area (Å²) in [5, 5.41) is 21.6. The van der Waals surface area contributed by atoms with Gasteiger partial charge in [-0.1, -0.05) is 0 Å². The van der Waals surface area contributed by atoms with Crippen LogP contribution >= 0.6 is 0 Å². The van der Waals surface area contributed by atoms with Gasteiger partial charge in [0.05, 0.1) is 16.8 Å². The molecule has 0 atom stereocenters. The highest BCUT2D eigenvalue weighted by Crippen LogP contribution is 2.16. The standard InChI is InChI=1S/C11H12N2O4/c1-6(2)12-13-7-3-4-8(10(14)15)9(5-7)11(16)17/h3-5,13H,1-2H3,(H,14,15)(H,16,17). The predicted molar refractivity (Wildman–Crippen MR) is 62.8 cm³/mol. The lowest BCUT2D eigenvalue weighted by Crippen LogP contribution is -2.08. The fourth-order valence-electron chi connectivity index (χ4n) is 1.15. The Labute approximate surface area is 97.6 Å². The number of aromatic carboxylic acids is 2. The molecular formula is C11H12N2O4. The summed E-state index contributed by atoms with van der Waals surface area (Å²) in [5.74, 6) is -2.56. The molecule has 17 heavy (non-hydrogen) atoms. The van der Waals surface area contributed by atoms with E-state index in [0.29, 0.717) is 5.69 Å². The van der Waals surface area contributed by atoms with E-state index in [2.05, 4.69) is 10.5 Å². The molecule has 0 amide bonds. The van der Waals surface area contributed by atoms with E-state index >= 15 is 0 Å². The summed E-state index contributed by atoms with van der Waals surface area (Å²) in [5.41, 5.74) is 3.31. The van der Waals surface area contributed by atoms with Crippen LogP contribution in [0.1, 0.15) is 34.6 Å². The summed E-state index contributed by atoms with van der Waals surface area (Å²) in [6.45, 7) is 3.55. The molecule has 6 nitrogen and oxygen atoms in total. The summed E-state index contributed by atoms with van der Waals surface area (Å²) in [4.78, 5) is 21.7. The van der Waals surface area contributed by atoms with E-state index in [0.717, 1.165) is 5.71 Å². The minimum absolute atomic E-state index is 0.250. The number of carboxylic acids is 2. The quantitative estimate of drug-likeness (QED) is 0.547. The first kappa shape index (κ1) is 12.7. The topological polar surface area (TPSA) is 99.0 Å². The van der Waals surface area contributed by atoms with Gasteiger partial charge in [0.25, 0.3) is 0 Å². The number of benzene rings is 1. The van der Waals surface area contributed by atoms with E-state index in [9.17, 15) is 9.59 Å². The monoisotopic (exact) mass is 236 g/mol. The van der Waals surface area contributed by atoms with Gasteiger partial charge in [0.15, 0.2) is 0 Å². The first-order valence-electron chi connectivity index (χ1n) is 4.79. The number of anilines is 1. The van der Waals surface area contributed by atoms with E-state index in [1.54, 1.807) is 13.8 Å². The molecule has 0 aromatic heterocycles. The van der Waals surface area contributed by atoms with Crippen molar-refractivity contribution in [2.75, 3.05) is 5.43 Å².